The number of nitrogens with one attached hydrogen (secondary N) is 1. The fourth-order valence-corrected chi connectivity index (χ4v) is 2.38. The molecule has 0 aliphatic heterocycles. The van der Waals surface area contributed by atoms with Gasteiger partial charge in [0, 0.05) is 37.9 Å². The van der Waals surface area contributed by atoms with Gasteiger partial charge in [0.1, 0.15) is 0 Å². The summed E-state index contributed by atoms with van der Waals surface area (Å²) >= 11 is 0. The molecule has 2 rings (SSSR count). The average molecular weight is 223 g/mol. The zero-order valence-electron chi connectivity index (χ0n) is 9.89. The fraction of sp³-hybridized carbons (Fsp3) is 0.750. The summed E-state index contributed by atoms with van der Waals surface area (Å²) in [5.74, 6) is 0. The molecule has 4 nitrogen and oxygen atoms in total. The first-order valence-corrected chi connectivity index (χ1v) is 6.15. The molecule has 16 heavy (non-hydrogen) atoms. The van der Waals surface area contributed by atoms with Crippen LogP contribution in [0.2, 0.25) is 0 Å². The van der Waals surface area contributed by atoms with Crippen molar-refractivity contribution in [1.29, 1.82) is 0 Å². The van der Waals surface area contributed by atoms with Crippen molar-refractivity contribution in [2.45, 2.75) is 44.2 Å². The Morgan fingerprint density at radius 3 is 3.00 bits per heavy atom. The predicted octanol–water partition coefficient (Wildman–Crippen LogP) is 0.856. The molecular formula is C12H21N3O. The van der Waals surface area contributed by atoms with Gasteiger partial charge in [0.15, 0.2) is 0 Å². The maximum absolute atomic E-state index is 9.80. The third kappa shape index (κ3) is 2.83. The monoisotopic (exact) mass is 223 g/mol. The average Bonchev–Trinajstić information content (AvgIpc) is 2.67. The van der Waals surface area contributed by atoms with Gasteiger partial charge in [0.2, 0.25) is 0 Å². The number of aliphatic hydroxyl groups excluding tert-OH is 1. The van der Waals surface area contributed by atoms with Crippen LogP contribution in [-0.4, -0.2) is 33.6 Å². The van der Waals surface area contributed by atoms with Crippen LogP contribution in [0.3, 0.4) is 0 Å². The van der Waals surface area contributed by atoms with Crippen molar-refractivity contribution < 1.29 is 5.11 Å². The zero-order chi connectivity index (χ0) is 11.4. The van der Waals surface area contributed by atoms with Gasteiger partial charge in [-0.3, -0.25) is 4.68 Å². The van der Waals surface area contributed by atoms with E-state index in [-0.39, 0.29) is 6.10 Å². The standard InChI is InChI=1S/C12H21N3O/c1-15-10(7-9-14-15)6-8-13-11-4-2-3-5-12(11)16/h7,9,11-13,16H,2-6,8H2,1H3. The first-order valence-electron chi connectivity index (χ1n) is 6.15. The van der Waals surface area contributed by atoms with E-state index in [9.17, 15) is 5.11 Å². The van der Waals surface area contributed by atoms with E-state index in [0.717, 1.165) is 25.8 Å². The van der Waals surface area contributed by atoms with Crippen LogP contribution in [0, 0.1) is 0 Å². The number of hydrogen-bond acceptors (Lipinski definition) is 3. The third-order valence-electron chi connectivity index (χ3n) is 3.44. The third-order valence-corrected chi connectivity index (χ3v) is 3.44. The maximum atomic E-state index is 9.80. The number of aryl methyl sites for hydroxylation is 1. The Balaban J connectivity index is 1.73. The predicted molar refractivity (Wildman–Crippen MR) is 63.2 cm³/mol. The molecule has 2 atom stereocenters. The van der Waals surface area contributed by atoms with Crippen molar-refractivity contribution in [3.8, 4) is 0 Å². The van der Waals surface area contributed by atoms with Crippen LogP contribution in [0.5, 0.6) is 0 Å². The van der Waals surface area contributed by atoms with Crippen molar-refractivity contribution in [3.63, 3.8) is 0 Å². The summed E-state index contributed by atoms with van der Waals surface area (Å²) < 4.78 is 1.90. The lowest BCUT2D eigenvalue weighted by Gasteiger charge is -2.28. The minimum absolute atomic E-state index is 0.153. The summed E-state index contributed by atoms with van der Waals surface area (Å²) in [7, 11) is 1.96. The first-order chi connectivity index (χ1) is 7.77. The molecule has 0 spiro atoms. The first kappa shape index (κ1) is 11.6. The molecule has 4 heteroatoms. The maximum Gasteiger partial charge on any atom is 0.0693 e. The zero-order valence-corrected chi connectivity index (χ0v) is 9.89. The molecule has 2 N–H and O–H groups in total. The molecule has 2 unspecified atom stereocenters. The van der Waals surface area contributed by atoms with E-state index in [1.165, 1.54) is 18.5 Å². The van der Waals surface area contributed by atoms with Crippen molar-refractivity contribution in [3.05, 3.63) is 18.0 Å². The van der Waals surface area contributed by atoms with E-state index in [1.54, 1.807) is 0 Å². The van der Waals surface area contributed by atoms with E-state index >= 15 is 0 Å². The van der Waals surface area contributed by atoms with Crippen LogP contribution >= 0.6 is 0 Å². The second kappa shape index (κ2) is 5.46. The van der Waals surface area contributed by atoms with Crippen LogP contribution in [0.4, 0.5) is 0 Å². The normalized spacial score (nSPS) is 25.9. The van der Waals surface area contributed by atoms with Crippen molar-refractivity contribution in [1.82, 2.24) is 15.1 Å². The van der Waals surface area contributed by atoms with Crippen molar-refractivity contribution in [2.75, 3.05) is 6.54 Å². The summed E-state index contributed by atoms with van der Waals surface area (Å²) in [6.07, 6.45) is 7.10. The highest BCUT2D eigenvalue weighted by atomic mass is 16.3. The Morgan fingerprint density at radius 1 is 1.50 bits per heavy atom. The lowest BCUT2D eigenvalue weighted by molar-refractivity contribution is 0.0913. The number of aliphatic hydroxyl groups is 1. The van der Waals surface area contributed by atoms with Gasteiger partial charge in [-0.2, -0.15) is 5.10 Å². The molecule has 1 aromatic heterocycles. The molecule has 1 heterocycles. The minimum atomic E-state index is -0.153. The topological polar surface area (TPSA) is 50.1 Å². The van der Waals surface area contributed by atoms with E-state index < -0.39 is 0 Å². The van der Waals surface area contributed by atoms with E-state index in [2.05, 4.69) is 10.4 Å². The fourth-order valence-electron chi connectivity index (χ4n) is 2.38. The largest absolute Gasteiger partial charge is 0.392 e. The molecular weight excluding hydrogens is 202 g/mol. The van der Waals surface area contributed by atoms with Gasteiger partial charge in [0.25, 0.3) is 0 Å². The quantitative estimate of drug-likeness (QED) is 0.796. The van der Waals surface area contributed by atoms with Gasteiger partial charge in [0.05, 0.1) is 6.10 Å². The van der Waals surface area contributed by atoms with Crippen LogP contribution in [0.15, 0.2) is 12.3 Å². The Bertz CT molecular complexity index is 324. The Hall–Kier alpha value is -0.870. The van der Waals surface area contributed by atoms with E-state index in [4.69, 9.17) is 0 Å². The summed E-state index contributed by atoms with van der Waals surface area (Å²) in [4.78, 5) is 0. The molecule has 0 radical (unpaired) electrons. The van der Waals surface area contributed by atoms with Crippen molar-refractivity contribution >= 4 is 0 Å². The van der Waals surface area contributed by atoms with Gasteiger partial charge >= 0.3 is 0 Å². The van der Waals surface area contributed by atoms with Gasteiger partial charge in [-0.15, -0.1) is 0 Å². The highest BCUT2D eigenvalue weighted by Gasteiger charge is 2.21. The van der Waals surface area contributed by atoms with E-state index in [0.29, 0.717) is 6.04 Å². The Labute approximate surface area is 96.7 Å². The van der Waals surface area contributed by atoms with Gasteiger partial charge in [-0.05, 0) is 18.9 Å². The second-order valence-corrected chi connectivity index (χ2v) is 4.61. The lowest BCUT2D eigenvalue weighted by Crippen LogP contribution is -2.42. The number of aromatic nitrogens is 2. The molecule has 0 amide bonds. The van der Waals surface area contributed by atoms with Crippen molar-refractivity contribution in [2.24, 2.45) is 7.05 Å². The summed E-state index contributed by atoms with van der Waals surface area (Å²) in [6.45, 7) is 0.918. The molecule has 0 saturated heterocycles. The minimum Gasteiger partial charge on any atom is -0.392 e. The van der Waals surface area contributed by atoms with Crippen LogP contribution in [-0.2, 0) is 13.5 Å². The molecule has 1 aliphatic carbocycles. The van der Waals surface area contributed by atoms with Crippen LogP contribution in [0.1, 0.15) is 31.4 Å². The highest BCUT2D eigenvalue weighted by molar-refractivity contribution is 5.00. The number of rotatable bonds is 4. The molecule has 90 valence electrons. The van der Waals surface area contributed by atoms with Gasteiger partial charge in [-0.25, -0.2) is 0 Å². The molecule has 1 saturated carbocycles. The highest BCUT2D eigenvalue weighted by Crippen LogP contribution is 2.18. The summed E-state index contributed by atoms with van der Waals surface area (Å²) in [6, 6.07) is 2.33. The van der Waals surface area contributed by atoms with Crippen LogP contribution < -0.4 is 5.32 Å². The molecule has 1 aromatic rings. The Morgan fingerprint density at radius 2 is 2.31 bits per heavy atom. The molecule has 1 aliphatic rings. The van der Waals surface area contributed by atoms with Crippen LogP contribution in [0.25, 0.3) is 0 Å². The van der Waals surface area contributed by atoms with E-state index in [1.807, 2.05) is 24.0 Å². The summed E-state index contributed by atoms with van der Waals surface area (Å²) in [5, 5.41) is 17.4. The van der Waals surface area contributed by atoms with Gasteiger partial charge < -0.3 is 10.4 Å². The SMILES string of the molecule is Cn1nccc1CCNC1CCCCC1O. The summed E-state index contributed by atoms with van der Waals surface area (Å²) in [5.41, 5.74) is 1.23. The van der Waals surface area contributed by atoms with Gasteiger partial charge in [-0.1, -0.05) is 12.8 Å². The number of hydrogen-bond donors (Lipinski definition) is 2. The molecule has 0 aromatic carbocycles. The number of nitrogens with zero attached hydrogens (tertiary/aromatic N) is 2. The lowest BCUT2D eigenvalue weighted by atomic mass is 9.92. The Kier molecular flexibility index (Phi) is 3.96. The molecule has 0 bridgehead atoms. The second-order valence-electron chi connectivity index (χ2n) is 4.61. The smallest absolute Gasteiger partial charge is 0.0693 e. The molecule has 1 fully saturated rings.